The van der Waals surface area contributed by atoms with Crippen molar-refractivity contribution in [3.8, 4) is 0 Å². The SMILES string of the molecule is CCOC(C)(C)CNC(c1cccs1)c1cccs1. The smallest absolute Gasteiger partial charge is 0.0765 e. The van der Waals surface area contributed by atoms with E-state index in [1.165, 1.54) is 9.75 Å². The Hall–Kier alpha value is -0.680. The highest BCUT2D eigenvalue weighted by Gasteiger charge is 2.22. The molecule has 19 heavy (non-hydrogen) atoms. The molecule has 104 valence electrons. The first-order valence-electron chi connectivity index (χ1n) is 6.56. The summed E-state index contributed by atoms with van der Waals surface area (Å²) in [7, 11) is 0. The second-order valence-electron chi connectivity index (χ2n) is 5.04. The third kappa shape index (κ3) is 4.14. The Kier molecular flexibility index (Phi) is 5.16. The van der Waals surface area contributed by atoms with Crippen LogP contribution in [0.5, 0.6) is 0 Å². The zero-order valence-electron chi connectivity index (χ0n) is 11.7. The molecule has 0 aliphatic heterocycles. The van der Waals surface area contributed by atoms with Crippen LogP contribution in [0.15, 0.2) is 35.0 Å². The lowest BCUT2D eigenvalue weighted by Crippen LogP contribution is -2.39. The van der Waals surface area contributed by atoms with Gasteiger partial charge in [-0.15, -0.1) is 22.7 Å². The van der Waals surface area contributed by atoms with E-state index < -0.39 is 0 Å². The molecule has 2 heterocycles. The van der Waals surface area contributed by atoms with E-state index in [0.717, 1.165) is 13.2 Å². The molecular weight excluding hydrogens is 274 g/mol. The topological polar surface area (TPSA) is 21.3 Å². The molecule has 0 saturated carbocycles. The van der Waals surface area contributed by atoms with Crippen molar-refractivity contribution >= 4 is 22.7 Å². The summed E-state index contributed by atoms with van der Waals surface area (Å²) in [5.74, 6) is 0. The fourth-order valence-corrected chi connectivity index (χ4v) is 3.75. The molecule has 0 bridgehead atoms. The van der Waals surface area contributed by atoms with Crippen molar-refractivity contribution in [2.45, 2.75) is 32.4 Å². The van der Waals surface area contributed by atoms with E-state index >= 15 is 0 Å². The lowest BCUT2D eigenvalue weighted by Gasteiger charge is -2.27. The molecule has 0 fully saturated rings. The Morgan fingerprint density at radius 3 is 2.16 bits per heavy atom. The van der Waals surface area contributed by atoms with Gasteiger partial charge in [0, 0.05) is 22.9 Å². The second kappa shape index (κ2) is 6.66. The molecule has 0 unspecified atom stereocenters. The third-order valence-electron chi connectivity index (χ3n) is 2.92. The number of nitrogens with one attached hydrogen (secondary N) is 1. The first-order chi connectivity index (χ1) is 9.12. The van der Waals surface area contributed by atoms with E-state index in [4.69, 9.17) is 4.74 Å². The minimum atomic E-state index is -0.137. The van der Waals surface area contributed by atoms with Gasteiger partial charge in [-0.1, -0.05) is 12.1 Å². The van der Waals surface area contributed by atoms with Crippen LogP contribution in [0.3, 0.4) is 0 Å². The summed E-state index contributed by atoms with van der Waals surface area (Å²) in [4.78, 5) is 2.71. The predicted molar refractivity (Wildman–Crippen MR) is 84.2 cm³/mol. The summed E-state index contributed by atoms with van der Waals surface area (Å²) in [6, 6.07) is 8.87. The molecule has 4 heteroatoms. The molecule has 0 aliphatic rings. The number of rotatable bonds is 7. The van der Waals surface area contributed by atoms with Crippen molar-refractivity contribution in [3.63, 3.8) is 0 Å². The summed E-state index contributed by atoms with van der Waals surface area (Å²) < 4.78 is 5.76. The average Bonchev–Trinajstić information content (AvgIpc) is 3.01. The van der Waals surface area contributed by atoms with Crippen LogP contribution in [0.25, 0.3) is 0 Å². The molecule has 1 N–H and O–H groups in total. The monoisotopic (exact) mass is 295 g/mol. The second-order valence-corrected chi connectivity index (χ2v) is 7.00. The Labute approximate surface area is 123 Å². The van der Waals surface area contributed by atoms with Gasteiger partial charge in [-0.2, -0.15) is 0 Å². The van der Waals surface area contributed by atoms with Gasteiger partial charge in [0.25, 0.3) is 0 Å². The molecular formula is C15H21NOS2. The number of hydrogen-bond donors (Lipinski definition) is 1. The maximum atomic E-state index is 5.76. The first kappa shape index (κ1) is 14.7. The van der Waals surface area contributed by atoms with Gasteiger partial charge in [0.05, 0.1) is 11.6 Å². The largest absolute Gasteiger partial charge is 0.375 e. The van der Waals surface area contributed by atoms with Gasteiger partial charge in [0.2, 0.25) is 0 Å². The molecule has 0 aliphatic carbocycles. The van der Waals surface area contributed by atoms with Crippen LogP contribution < -0.4 is 5.32 Å². The standard InChI is InChI=1S/C15H21NOS2/c1-4-17-15(2,3)11-16-14(12-7-5-9-18-12)13-8-6-10-19-13/h5-10,14,16H,4,11H2,1-3H3. The summed E-state index contributed by atoms with van der Waals surface area (Å²) in [5.41, 5.74) is -0.137. The van der Waals surface area contributed by atoms with Crippen molar-refractivity contribution < 1.29 is 4.74 Å². The van der Waals surface area contributed by atoms with Crippen molar-refractivity contribution in [3.05, 3.63) is 44.8 Å². The van der Waals surface area contributed by atoms with Crippen LogP contribution in [-0.4, -0.2) is 18.8 Å². The van der Waals surface area contributed by atoms with E-state index in [-0.39, 0.29) is 11.6 Å². The highest BCUT2D eigenvalue weighted by Crippen LogP contribution is 2.29. The summed E-state index contributed by atoms with van der Waals surface area (Å²) in [5, 5.41) is 7.91. The van der Waals surface area contributed by atoms with E-state index in [2.05, 4.69) is 54.2 Å². The van der Waals surface area contributed by atoms with Crippen LogP contribution in [0, 0.1) is 0 Å². The van der Waals surface area contributed by atoms with Gasteiger partial charge >= 0.3 is 0 Å². The van der Waals surface area contributed by atoms with Crippen LogP contribution in [0.4, 0.5) is 0 Å². The average molecular weight is 295 g/mol. The Morgan fingerprint density at radius 2 is 1.74 bits per heavy atom. The van der Waals surface area contributed by atoms with Gasteiger partial charge in [-0.05, 0) is 43.7 Å². The molecule has 0 spiro atoms. The molecule has 0 aromatic carbocycles. The van der Waals surface area contributed by atoms with E-state index in [9.17, 15) is 0 Å². The quantitative estimate of drug-likeness (QED) is 0.822. The maximum absolute atomic E-state index is 5.76. The highest BCUT2D eigenvalue weighted by atomic mass is 32.1. The highest BCUT2D eigenvalue weighted by molar-refractivity contribution is 7.11. The first-order valence-corrected chi connectivity index (χ1v) is 8.32. The lowest BCUT2D eigenvalue weighted by molar-refractivity contribution is -0.00980. The molecule has 0 amide bonds. The van der Waals surface area contributed by atoms with Crippen molar-refractivity contribution in [2.75, 3.05) is 13.2 Å². The van der Waals surface area contributed by atoms with Gasteiger partial charge in [-0.25, -0.2) is 0 Å². The summed E-state index contributed by atoms with van der Waals surface area (Å²) in [6.45, 7) is 7.88. The minimum absolute atomic E-state index is 0.137. The molecule has 2 nitrogen and oxygen atoms in total. The van der Waals surface area contributed by atoms with Gasteiger partial charge in [-0.3, -0.25) is 0 Å². The Morgan fingerprint density at radius 1 is 1.16 bits per heavy atom. The lowest BCUT2D eigenvalue weighted by atomic mass is 10.1. The summed E-state index contributed by atoms with van der Waals surface area (Å²) >= 11 is 3.59. The van der Waals surface area contributed by atoms with E-state index in [0.29, 0.717) is 0 Å². The van der Waals surface area contributed by atoms with Crippen LogP contribution in [0.1, 0.15) is 36.6 Å². The van der Waals surface area contributed by atoms with Crippen LogP contribution in [0.2, 0.25) is 0 Å². The molecule has 0 radical (unpaired) electrons. The van der Waals surface area contributed by atoms with Crippen molar-refractivity contribution in [1.82, 2.24) is 5.32 Å². The van der Waals surface area contributed by atoms with Crippen LogP contribution in [-0.2, 0) is 4.74 Å². The maximum Gasteiger partial charge on any atom is 0.0765 e. The van der Waals surface area contributed by atoms with Crippen molar-refractivity contribution in [2.24, 2.45) is 0 Å². The fraction of sp³-hybridized carbons (Fsp3) is 0.467. The number of ether oxygens (including phenoxy) is 1. The number of thiophene rings is 2. The fourth-order valence-electron chi connectivity index (χ4n) is 2.04. The van der Waals surface area contributed by atoms with Gasteiger partial charge in [0.15, 0.2) is 0 Å². The van der Waals surface area contributed by atoms with Gasteiger partial charge in [0.1, 0.15) is 0 Å². The summed E-state index contributed by atoms with van der Waals surface area (Å²) in [6.07, 6.45) is 0. The number of hydrogen-bond acceptors (Lipinski definition) is 4. The predicted octanol–water partition coefficient (Wildman–Crippen LogP) is 4.30. The van der Waals surface area contributed by atoms with E-state index in [1.807, 2.05) is 6.92 Å². The molecule has 0 saturated heterocycles. The Balaban J connectivity index is 2.08. The minimum Gasteiger partial charge on any atom is -0.375 e. The molecule has 2 aromatic rings. The van der Waals surface area contributed by atoms with E-state index in [1.54, 1.807) is 22.7 Å². The normalized spacial score (nSPS) is 12.2. The van der Waals surface area contributed by atoms with Crippen LogP contribution >= 0.6 is 22.7 Å². The molecule has 2 aromatic heterocycles. The zero-order chi connectivity index (χ0) is 13.7. The van der Waals surface area contributed by atoms with Crippen molar-refractivity contribution in [1.29, 1.82) is 0 Å². The molecule has 0 atom stereocenters. The third-order valence-corrected chi connectivity index (χ3v) is 4.80. The zero-order valence-corrected chi connectivity index (χ0v) is 13.3. The Bertz CT molecular complexity index is 428. The molecule has 2 rings (SSSR count). The van der Waals surface area contributed by atoms with Gasteiger partial charge < -0.3 is 10.1 Å².